The number of thioether (sulfide) groups is 1. The molecule has 0 spiro atoms. The number of aromatic nitrogens is 3. The first-order chi connectivity index (χ1) is 14.1. The van der Waals surface area contributed by atoms with Gasteiger partial charge in [0.1, 0.15) is 0 Å². The number of hydrogen-bond donors (Lipinski definition) is 1. The van der Waals surface area contributed by atoms with Crippen molar-refractivity contribution in [3.8, 4) is 0 Å². The second-order valence-corrected chi connectivity index (χ2v) is 8.38. The first kappa shape index (κ1) is 18.3. The zero-order chi connectivity index (χ0) is 20.0. The number of aryl methyl sites for hydroxylation is 1. The summed E-state index contributed by atoms with van der Waals surface area (Å²) in [6.45, 7) is 4.41. The van der Waals surface area contributed by atoms with E-state index in [9.17, 15) is 4.79 Å². The second kappa shape index (κ2) is 7.28. The lowest BCUT2D eigenvalue weighted by atomic mass is 9.99. The Bertz CT molecular complexity index is 1300. The number of aromatic amines is 1. The zero-order valence-corrected chi connectivity index (χ0v) is 17.3. The van der Waals surface area contributed by atoms with Crippen LogP contribution in [-0.4, -0.2) is 32.7 Å². The van der Waals surface area contributed by atoms with Crippen LogP contribution in [0.25, 0.3) is 21.8 Å². The third-order valence-corrected chi connectivity index (χ3v) is 6.23. The molecule has 0 atom stereocenters. The molecule has 0 saturated heterocycles. The molecular weight excluding hydrogens is 380 g/mol. The fraction of sp³-hybridized carbons (Fsp3) is 0.261. The van der Waals surface area contributed by atoms with Crippen molar-refractivity contribution in [2.75, 3.05) is 12.8 Å². The van der Waals surface area contributed by atoms with Gasteiger partial charge < -0.3 is 4.98 Å². The lowest BCUT2D eigenvalue weighted by Crippen LogP contribution is -2.35. The van der Waals surface area contributed by atoms with Gasteiger partial charge >= 0.3 is 0 Å². The maximum Gasteiger partial charge on any atom is 0.256 e. The van der Waals surface area contributed by atoms with Gasteiger partial charge in [0.2, 0.25) is 0 Å². The highest BCUT2D eigenvalue weighted by molar-refractivity contribution is 7.98. The summed E-state index contributed by atoms with van der Waals surface area (Å²) in [5, 5.41) is 3.07. The van der Waals surface area contributed by atoms with E-state index in [1.807, 2.05) is 12.3 Å². The monoisotopic (exact) mass is 402 g/mol. The van der Waals surface area contributed by atoms with Gasteiger partial charge in [-0.3, -0.25) is 9.69 Å². The average molecular weight is 403 g/mol. The summed E-state index contributed by atoms with van der Waals surface area (Å²) >= 11 is 1.48. The summed E-state index contributed by atoms with van der Waals surface area (Å²) in [5.41, 5.74) is 6.27. The topological polar surface area (TPSA) is 61.9 Å². The van der Waals surface area contributed by atoms with Crippen molar-refractivity contribution in [2.24, 2.45) is 0 Å². The van der Waals surface area contributed by atoms with Gasteiger partial charge in [-0.1, -0.05) is 41.6 Å². The zero-order valence-electron chi connectivity index (χ0n) is 16.5. The molecule has 0 unspecified atom stereocenters. The molecular formula is C23H22N4OS. The Balaban J connectivity index is 1.58. The number of fused-ring (bicyclic) bond motifs is 3. The molecule has 29 heavy (non-hydrogen) atoms. The summed E-state index contributed by atoms with van der Waals surface area (Å²) in [5.74, 6) is 0. The first-order valence-corrected chi connectivity index (χ1v) is 11.0. The van der Waals surface area contributed by atoms with Crippen molar-refractivity contribution < 1.29 is 0 Å². The number of pyridine rings is 1. The minimum atomic E-state index is -0.00987. The number of para-hydroxylation sites is 1. The number of rotatable bonds is 3. The van der Waals surface area contributed by atoms with Crippen LogP contribution >= 0.6 is 11.8 Å². The number of nitrogens with one attached hydrogen (secondary N) is 1. The second-order valence-electron chi connectivity index (χ2n) is 7.59. The molecule has 4 aromatic rings. The fourth-order valence-electron chi connectivity index (χ4n) is 4.17. The molecule has 0 aliphatic carbocycles. The minimum absolute atomic E-state index is 0.00987. The maximum absolute atomic E-state index is 12.6. The van der Waals surface area contributed by atoms with Crippen LogP contribution in [0.2, 0.25) is 0 Å². The Kier molecular flexibility index (Phi) is 4.60. The van der Waals surface area contributed by atoms with Crippen LogP contribution in [0, 0.1) is 6.92 Å². The molecule has 1 aliphatic rings. The van der Waals surface area contributed by atoms with Crippen LogP contribution in [-0.2, 0) is 19.5 Å². The average Bonchev–Trinajstić information content (AvgIpc) is 2.74. The molecule has 2 aromatic carbocycles. The summed E-state index contributed by atoms with van der Waals surface area (Å²) in [7, 11) is 0. The molecule has 0 fully saturated rings. The molecule has 2 aromatic heterocycles. The van der Waals surface area contributed by atoms with Crippen molar-refractivity contribution in [2.45, 2.75) is 31.6 Å². The van der Waals surface area contributed by atoms with Gasteiger partial charge in [0.15, 0.2) is 5.16 Å². The van der Waals surface area contributed by atoms with Crippen LogP contribution in [0.3, 0.4) is 0 Å². The molecule has 5 rings (SSSR count). The van der Waals surface area contributed by atoms with Crippen LogP contribution in [0.1, 0.15) is 22.4 Å². The predicted octanol–water partition coefficient (Wildman–Crippen LogP) is 4.06. The van der Waals surface area contributed by atoms with Gasteiger partial charge in [-0.25, -0.2) is 9.97 Å². The molecule has 3 heterocycles. The summed E-state index contributed by atoms with van der Waals surface area (Å²) < 4.78 is 0. The number of hydrogen-bond acceptors (Lipinski definition) is 5. The molecule has 146 valence electrons. The van der Waals surface area contributed by atoms with Gasteiger partial charge in [-0.15, -0.1) is 0 Å². The van der Waals surface area contributed by atoms with Crippen LogP contribution in [0.15, 0.2) is 52.4 Å². The molecule has 0 bridgehead atoms. The van der Waals surface area contributed by atoms with E-state index in [0.29, 0.717) is 11.7 Å². The Morgan fingerprint density at radius 2 is 1.93 bits per heavy atom. The quantitative estimate of drug-likeness (QED) is 0.318. The van der Waals surface area contributed by atoms with E-state index in [1.165, 1.54) is 33.7 Å². The number of benzene rings is 2. The third kappa shape index (κ3) is 3.32. The van der Waals surface area contributed by atoms with Gasteiger partial charge in [0.05, 0.1) is 22.3 Å². The Morgan fingerprint density at radius 3 is 2.79 bits per heavy atom. The maximum atomic E-state index is 12.6. The summed E-state index contributed by atoms with van der Waals surface area (Å²) in [4.78, 5) is 27.3. The normalized spacial score (nSPS) is 14.4. The van der Waals surface area contributed by atoms with E-state index in [2.05, 4.69) is 58.2 Å². The lowest BCUT2D eigenvalue weighted by Gasteiger charge is -2.28. The van der Waals surface area contributed by atoms with E-state index in [0.717, 1.165) is 41.8 Å². The van der Waals surface area contributed by atoms with E-state index < -0.39 is 0 Å². The Morgan fingerprint density at radius 1 is 1.10 bits per heavy atom. The van der Waals surface area contributed by atoms with Crippen LogP contribution in [0.5, 0.6) is 0 Å². The molecule has 0 radical (unpaired) electrons. The smallest absolute Gasteiger partial charge is 0.256 e. The van der Waals surface area contributed by atoms with Crippen molar-refractivity contribution in [3.05, 3.63) is 75.2 Å². The van der Waals surface area contributed by atoms with Crippen molar-refractivity contribution in [1.29, 1.82) is 0 Å². The molecule has 5 nitrogen and oxygen atoms in total. The molecule has 1 aliphatic heterocycles. The van der Waals surface area contributed by atoms with Crippen LogP contribution < -0.4 is 5.56 Å². The number of H-pyrrole nitrogens is 1. The minimum Gasteiger partial charge on any atom is -0.301 e. The van der Waals surface area contributed by atoms with Gasteiger partial charge in [-0.05, 0) is 36.9 Å². The molecule has 6 heteroatoms. The Hall–Kier alpha value is -2.70. The van der Waals surface area contributed by atoms with E-state index >= 15 is 0 Å². The van der Waals surface area contributed by atoms with E-state index in [-0.39, 0.29) is 5.56 Å². The summed E-state index contributed by atoms with van der Waals surface area (Å²) in [6, 6.07) is 14.8. The highest BCUT2D eigenvalue weighted by Crippen LogP contribution is 2.29. The van der Waals surface area contributed by atoms with Gasteiger partial charge in [0.25, 0.3) is 5.56 Å². The third-order valence-electron chi connectivity index (χ3n) is 5.65. The predicted molar refractivity (Wildman–Crippen MR) is 118 cm³/mol. The lowest BCUT2D eigenvalue weighted by molar-refractivity contribution is 0.242. The molecule has 0 saturated carbocycles. The SMILES string of the molecule is CSc1nc2c(c(=O)[nH]1)CN(Cc1c3ccccc3nc3ccc(C)cc13)CC2. The molecule has 1 N–H and O–H groups in total. The van der Waals surface area contributed by atoms with Crippen LogP contribution in [0.4, 0.5) is 0 Å². The Labute approximate surface area is 173 Å². The highest BCUT2D eigenvalue weighted by atomic mass is 32.2. The van der Waals surface area contributed by atoms with Crippen molar-refractivity contribution in [1.82, 2.24) is 19.9 Å². The first-order valence-electron chi connectivity index (χ1n) is 9.79. The molecule has 0 amide bonds. The van der Waals surface area contributed by atoms with E-state index in [1.54, 1.807) is 0 Å². The largest absolute Gasteiger partial charge is 0.301 e. The number of nitrogens with zero attached hydrogens (tertiary/aromatic N) is 3. The standard InChI is InChI=1S/C23H22N4OS/c1-14-7-8-20-16(11-14)17(15-5-3-4-6-19(15)24-20)12-27-10-9-21-18(13-27)22(28)26-23(25-21)29-2/h3-8,11H,9-10,12-13H2,1-2H3,(H,25,26,28). The van der Waals surface area contributed by atoms with Gasteiger partial charge in [0, 0.05) is 36.8 Å². The van der Waals surface area contributed by atoms with Crippen molar-refractivity contribution in [3.63, 3.8) is 0 Å². The van der Waals surface area contributed by atoms with E-state index in [4.69, 9.17) is 4.98 Å². The van der Waals surface area contributed by atoms with Gasteiger partial charge in [-0.2, -0.15) is 0 Å². The highest BCUT2D eigenvalue weighted by Gasteiger charge is 2.22. The van der Waals surface area contributed by atoms with Crippen molar-refractivity contribution >= 4 is 33.6 Å². The summed E-state index contributed by atoms with van der Waals surface area (Å²) in [6.07, 6.45) is 2.73. The fourth-order valence-corrected chi connectivity index (χ4v) is 4.57.